The number of thiophene rings is 1. The van der Waals surface area contributed by atoms with Gasteiger partial charge in [0.1, 0.15) is 5.82 Å². The van der Waals surface area contributed by atoms with E-state index < -0.39 is 5.82 Å². The molecule has 3 rings (SSSR count). The average Bonchev–Trinajstić information content (AvgIpc) is 3.30. The number of hydrogen-bond acceptors (Lipinski definition) is 6. The highest BCUT2D eigenvalue weighted by molar-refractivity contribution is 7.10. The minimum absolute atomic E-state index is 0.0990. The molecule has 0 aliphatic heterocycles. The molecule has 2 aromatic carbocycles. The number of methoxy groups -OCH3 is 3. The Morgan fingerprint density at radius 2 is 1.72 bits per heavy atom. The molecule has 2 atom stereocenters. The Balaban J connectivity index is 2.02. The van der Waals surface area contributed by atoms with E-state index in [2.05, 4.69) is 11.9 Å². The minimum Gasteiger partial charge on any atom is -0.493 e. The largest absolute Gasteiger partial charge is 0.493 e. The van der Waals surface area contributed by atoms with Crippen molar-refractivity contribution in [3.63, 3.8) is 0 Å². The van der Waals surface area contributed by atoms with Crippen molar-refractivity contribution >= 4 is 11.3 Å². The van der Waals surface area contributed by atoms with Crippen LogP contribution in [0.2, 0.25) is 0 Å². The number of halogens is 1. The van der Waals surface area contributed by atoms with Gasteiger partial charge in [-0.15, -0.1) is 17.9 Å². The number of ether oxygens (including phenoxy) is 3. The summed E-state index contributed by atoms with van der Waals surface area (Å²) in [5, 5.41) is 14.5. The van der Waals surface area contributed by atoms with Crippen molar-refractivity contribution in [2.75, 3.05) is 28.4 Å². The van der Waals surface area contributed by atoms with Gasteiger partial charge < -0.3 is 19.5 Å². The van der Waals surface area contributed by atoms with Gasteiger partial charge in [0.05, 0.1) is 39.0 Å². The first-order chi connectivity index (χ1) is 15.5. The predicted octanol–water partition coefficient (Wildman–Crippen LogP) is 5.68. The summed E-state index contributed by atoms with van der Waals surface area (Å²) in [6.07, 6.45) is 1.87. The molecule has 1 heterocycles. The third-order valence-corrected chi connectivity index (χ3v) is 6.30. The lowest BCUT2D eigenvalue weighted by molar-refractivity contribution is 0.323. The first kappa shape index (κ1) is 23.3. The first-order valence-corrected chi connectivity index (χ1v) is 10.8. The normalized spacial score (nSPS) is 12.5. The van der Waals surface area contributed by atoms with Gasteiger partial charge in [-0.3, -0.25) is 0 Å². The molecule has 0 spiro atoms. The fourth-order valence-corrected chi connectivity index (χ4v) is 4.82. The van der Waals surface area contributed by atoms with Crippen molar-refractivity contribution in [3.05, 3.63) is 76.3 Å². The number of hydrogen-bond donors (Lipinski definition) is 1. The zero-order valence-electron chi connectivity index (χ0n) is 18.4. The SMILES string of the molecule is C=CC(c1cc(OC)c(OC)c(OC)c1)C(NC)c1cc(-c2cc(F)cc(C#N)c2)cs1. The lowest BCUT2D eigenvalue weighted by atomic mass is 9.89. The first-order valence-electron chi connectivity index (χ1n) is 9.88. The summed E-state index contributed by atoms with van der Waals surface area (Å²) in [5.41, 5.74) is 2.76. The molecule has 0 saturated carbocycles. The molecular weight excluding hydrogens is 427 g/mol. The van der Waals surface area contributed by atoms with Crippen molar-refractivity contribution in [3.8, 4) is 34.4 Å². The van der Waals surface area contributed by atoms with Crippen LogP contribution in [-0.4, -0.2) is 28.4 Å². The van der Waals surface area contributed by atoms with Gasteiger partial charge >= 0.3 is 0 Å². The van der Waals surface area contributed by atoms with E-state index in [0.29, 0.717) is 28.4 Å². The monoisotopic (exact) mass is 452 g/mol. The number of nitriles is 1. The van der Waals surface area contributed by atoms with Gasteiger partial charge in [0.25, 0.3) is 0 Å². The number of likely N-dealkylation sites (N-methyl/N-ethyl adjacent to an activating group) is 1. The molecule has 2 unspecified atom stereocenters. The third-order valence-electron chi connectivity index (χ3n) is 5.28. The van der Waals surface area contributed by atoms with Crippen molar-refractivity contribution < 1.29 is 18.6 Å². The fraction of sp³-hybridized carbons (Fsp3) is 0.240. The van der Waals surface area contributed by atoms with Crippen LogP contribution in [0.5, 0.6) is 17.2 Å². The molecule has 166 valence electrons. The van der Waals surface area contributed by atoms with E-state index in [1.807, 2.05) is 42.8 Å². The van der Waals surface area contributed by atoms with Crippen LogP contribution >= 0.6 is 11.3 Å². The second kappa shape index (κ2) is 10.3. The fourth-order valence-electron chi connectivity index (χ4n) is 3.75. The molecule has 0 aliphatic carbocycles. The maximum absolute atomic E-state index is 13.9. The summed E-state index contributed by atoms with van der Waals surface area (Å²) in [6, 6.07) is 12.1. The van der Waals surface area contributed by atoms with Crippen LogP contribution in [0.1, 0.15) is 28.0 Å². The van der Waals surface area contributed by atoms with Gasteiger partial charge in [-0.25, -0.2) is 4.39 Å². The van der Waals surface area contributed by atoms with Crippen molar-refractivity contribution in [2.45, 2.75) is 12.0 Å². The van der Waals surface area contributed by atoms with Gasteiger partial charge in [0.2, 0.25) is 5.75 Å². The van der Waals surface area contributed by atoms with Gasteiger partial charge in [-0.05, 0) is 65.5 Å². The van der Waals surface area contributed by atoms with Crippen LogP contribution in [-0.2, 0) is 0 Å². The number of nitrogens with one attached hydrogen (secondary N) is 1. The Labute approximate surface area is 191 Å². The highest BCUT2D eigenvalue weighted by Gasteiger charge is 2.25. The van der Waals surface area contributed by atoms with E-state index >= 15 is 0 Å². The van der Waals surface area contributed by atoms with E-state index in [1.54, 1.807) is 38.7 Å². The van der Waals surface area contributed by atoms with Crippen LogP contribution in [0.4, 0.5) is 4.39 Å². The quantitative estimate of drug-likeness (QED) is 0.423. The van der Waals surface area contributed by atoms with E-state index in [0.717, 1.165) is 16.0 Å². The van der Waals surface area contributed by atoms with Crippen LogP contribution in [0.25, 0.3) is 11.1 Å². The summed E-state index contributed by atoms with van der Waals surface area (Å²) in [4.78, 5) is 1.05. The number of nitrogens with zero attached hydrogens (tertiary/aromatic N) is 1. The standard InChI is InChI=1S/C25H25FN2O3S/c1-6-20(17-10-21(29-3)25(31-5)22(11-17)30-4)24(28-2)23-12-18(14-32-23)16-7-15(13-27)8-19(26)9-16/h6-12,14,20,24,28H,1H2,2-5H3. The van der Waals surface area contributed by atoms with E-state index in [4.69, 9.17) is 19.5 Å². The zero-order valence-corrected chi connectivity index (χ0v) is 19.3. The van der Waals surface area contributed by atoms with Gasteiger partial charge in [0.15, 0.2) is 11.5 Å². The topological polar surface area (TPSA) is 63.5 Å². The van der Waals surface area contributed by atoms with E-state index in [9.17, 15) is 4.39 Å². The lowest BCUT2D eigenvalue weighted by Gasteiger charge is -2.25. The predicted molar refractivity (Wildman–Crippen MR) is 125 cm³/mol. The Bertz CT molecular complexity index is 1130. The second-order valence-corrected chi connectivity index (χ2v) is 8.01. The molecule has 0 amide bonds. The second-order valence-electron chi connectivity index (χ2n) is 7.06. The zero-order chi connectivity index (χ0) is 23.3. The average molecular weight is 453 g/mol. The maximum Gasteiger partial charge on any atom is 0.203 e. The molecule has 0 bridgehead atoms. The highest BCUT2D eigenvalue weighted by atomic mass is 32.1. The Hall–Kier alpha value is -3.34. The molecule has 0 saturated heterocycles. The molecule has 7 heteroatoms. The Kier molecular flexibility index (Phi) is 7.52. The Morgan fingerprint density at radius 1 is 1.03 bits per heavy atom. The molecule has 32 heavy (non-hydrogen) atoms. The van der Waals surface area contributed by atoms with E-state index in [1.165, 1.54) is 12.1 Å². The molecule has 5 nitrogen and oxygen atoms in total. The lowest BCUT2D eigenvalue weighted by Crippen LogP contribution is -2.22. The van der Waals surface area contributed by atoms with Crippen molar-refractivity contribution in [1.29, 1.82) is 5.26 Å². The smallest absolute Gasteiger partial charge is 0.203 e. The van der Waals surface area contributed by atoms with Crippen molar-refractivity contribution in [2.24, 2.45) is 0 Å². The van der Waals surface area contributed by atoms with Crippen LogP contribution in [0.15, 0.2) is 54.4 Å². The molecule has 1 N–H and O–H groups in total. The minimum atomic E-state index is -0.432. The molecule has 0 aliphatic rings. The Morgan fingerprint density at radius 3 is 2.25 bits per heavy atom. The summed E-state index contributed by atoms with van der Waals surface area (Å²) in [5.74, 6) is 1.12. The number of benzene rings is 2. The highest BCUT2D eigenvalue weighted by Crippen LogP contribution is 2.44. The summed E-state index contributed by atoms with van der Waals surface area (Å²) in [6.45, 7) is 4.05. The summed E-state index contributed by atoms with van der Waals surface area (Å²) in [7, 11) is 6.62. The summed E-state index contributed by atoms with van der Waals surface area (Å²) >= 11 is 1.56. The van der Waals surface area contributed by atoms with Crippen LogP contribution < -0.4 is 19.5 Å². The van der Waals surface area contributed by atoms with Gasteiger partial charge in [0, 0.05) is 10.8 Å². The third kappa shape index (κ3) is 4.62. The van der Waals surface area contributed by atoms with Gasteiger partial charge in [-0.2, -0.15) is 5.26 Å². The molecular formula is C25H25FN2O3S. The molecule has 1 aromatic heterocycles. The number of rotatable bonds is 9. The summed E-state index contributed by atoms with van der Waals surface area (Å²) < 4.78 is 30.4. The van der Waals surface area contributed by atoms with Gasteiger partial charge in [-0.1, -0.05) is 6.08 Å². The van der Waals surface area contributed by atoms with Crippen molar-refractivity contribution in [1.82, 2.24) is 5.32 Å². The van der Waals surface area contributed by atoms with E-state index in [-0.39, 0.29) is 12.0 Å². The van der Waals surface area contributed by atoms with Crippen LogP contribution in [0, 0.1) is 17.1 Å². The molecule has 0 fully saturated rings. The van der Waals surface area contributed by atoms with Crippen LogP contribution in [0.3, 0.4) is 0 Å². The molecule has 0 radical (unpaired) electrons. The molecule has 3 aromatic rings. The maximum atomic E-state index is 13.9.